The molecule has 1 rings (SSSR count). The van der Waals surface area contributed by atoms with Gasteiger partial charge in [-0.3, -0.25) is 0 Å². The van der Waals surface area contributed by atoms with Crippen LogP contribution in [-0.4, -0.2) is 26.3 Å². The largest absolute Gasteiger partial charge is 0.380 e. The Balaban J connectivity index is 1.87. The molecule has 0 aliphatic carbocycles. The topological polar surface area (TPSA) is 45.0 Å². The van der Waals surface area contributed by atoms with Crippen LogP contribution < -0.4 is 5.32 Å². The fourth-order valence-corrected chi connectivity index (χ4v) is 1.40. The van der Waals surface area contributed by atoms with Crippen LogP contribution in [0.4, 0.5) is 0 Å². The predicted molar refractivity (Wildman–Crippen MR) is 51.3 cm³/mol. The number of rotatable bonds is 6. The molecule has 3 heteroatoms. The molecule has 0 amide bonds. The Bertz CT molecular complexity index is 182. The molecule has 0 aromatic rings. The van der Waals surface area contributed by atoms with Crippen LogP contribution in [0, 0.1) is 16.7 Å². The molecule has 13 heavy (non-hydrogen) atoms. The second-order valence-corrected chi connectivity index (χ2v) is 4.10. The molecule has 1 fully saturated rings. The lowest BCUT2D eigenvalue weighted by atomic mass is 9.89. The lowest BCUT2D eigenvalue weighted by molar-refractivity contribution is -0.0989. The average molecular weight is 182 g/mol. The summed E-state index contributed by atoms with van der Waals surface area (Å²) in [5.41, 5.74) is 0.370. The van der Waals surface area contributed by atoms with Crippen molar-refractivity contribution in [1.29, 1.82) is 5.26 Å². The number of nitriles is 1. The van der Waals surface area contributed by atoms with E-state index in [-0.39, 0.29) is 0 Å². The van der Waals surface area contributed by atoms with E-state index >= 15 is 0 Å². The van der Waals surface area contributed by atoms with Crippen molar-refractivity contribution in [3.05, 3.63) is 0 Å². The molecule has 1 heterocycles. The van der Waals surface area contributed by atoms with Crippen LogP contribution in [0.15, 0.2) is 0 Å². The Hall–Kier alpha value is -0.590. The summed E-state index contributed by atoms with van der Waals surface area (Å²) < 4.78 is 5.15. The van der Waals surface area contributed by atoms with Crippen molar-refractivity contribution in [3.63, 3.8) is 0 Å². The van der Waals surface area contributed by atoms with E-state index in [4.69, 9.17) is 10.00 Å². The van der Waals surface area contributed by atoms with Crippen LogP contribution in [0.2, 0.25) is 0 Å². The second-order valence-electron chi connectivity index (χ2n) is 4.10. The molecule has 1 aliphatic heterocycles. The molecule has 0 radical (unpaired) electrons. The van der Waals surface area contributed by atoms with Crippen LogP contribution in [0.1, 0.15) is 26.2 Å². The van der Waals surface area contributed by atoms with Gasteiger partial charge in [0.25, 0.3) is 0 Å². The molecule has 0 spiro atoms. The normalized spacial score (nSPS) is 19.1. The van der Waals surface area contributed by atoms with Gasteiger partial charge in [0.1, 0.15) is 0 Å². The number of hydrogen-bond acceptors (Lipinski definition) is 3. The van der Waals surface area contributed by atoms with Crippen molar-refractivity contribution in [2.24, 2.45) is 5.41 Å². The maximum atomic E-state index is 8.31. The van der Waals surface area contributed by atoms with E-state index in [1.54, 1.807) is 0 Å². The number of nitrogens with zero attached hydrogens (tertiary/aromatic N) is 1. The van der Waals surface area contributed by atoms with Gasteiger partial charge in [0.2, 0.25) is 0 Å². The minimum atomic E-state index is 0.370. The molecular weight excluding hydrogens is 164 g/mol. The smallest absolute Gasteiger partial charge is 0.0621 e. The van der Waals surface area contributed by atoms with Crippen molar-refractivity contribution >= 4 is 0 Å². The van der Waals surface area contributed by atoms with Crippen LogP contribution >= 0.6 is 0 Å². The van der Waals surface area contributed by atoms with Gasteiger partial charge < -0.3 is 10.1 Å². The summed E-state index contributed by atoms with van der Waals surface area (Å²) >= 11 is 0. The highest BCUT2D eigenvalue weighted by Crippen LogP contribution is 2.24. The lowest BCUT2D eigenvalue weighted by Gasteiger charge is -2.38. The minimum Gasteiger partial charge on any atom is -0.380 e. The van der Waals surface area contributed by atoms with Crippen molar-refractivity contribution in [2.75, 3.05) is 26.3 Å². The highest BCUT2D eigenvalue weighted by molar-refractivity contribution is 4.82. The van der Waals surface area contributed by atoms with E-state index in [1.807, 2.05) is 0 Å². The Morgan fingerprint density at radius 3 is 2.77 bits per heavy atom. The second kappa shape index (κ2) is 5.21. The number of nitrogens with one attached hydrogen (secondary N) is 1. The van der Waals surface area contributed by atoms with Crippen LogP contribution in [0.25, 0.3) is 0 Å². The van der Waals surface area contributed by atoms with E-state index in [9.17, 15) is 0 Å². The van der Waals surface area contributed by atoms with Crippen LogP contribution in [0.5, 0.6) is 0 Å². The zero-order valence-corrected chi connectivity index (χ0v) is 8.31. The van der Waals surface area contributed by atoms with Crippen LogP contribution in [-0.2, 0) is 4.74 Å². The van der Waals surface area contributed by atoms with E-state index in [2.05, 4.69) is 18.3 Å². The van der Waals surface area contributed by atoms with Crippen LogP contribution in [0.3, 0.4) is 0 Å². The van der Waals surface area contributed by atoms with Gasteiger partial charge in [-0.2, -0.15) is 5.26 Å². The maximum absolute atomic E-state index is 8.31. The summed E-state index contributed by atoms with van der Waals surface area (Å²) in [5, 5.41) is 11.7. The summed E-state index contributed by atoms with van der Waals surface area (Å²) in [4.78, 5) is 0. The molecule has 0 atom stereocenters. The SMILES string of the molecule is CC1(CNCCCCC#N)COC1. The molecule has 0 saturated carbocycles. The lowest BCUT2D eigenvalue weighted by Crippen LogP contribution is -2.47. The molecule has 1 saturated heterocycles. The highest BCUT2D eigenvalue weighted by atomic mass is 16.5. The summed E-state index contributed by atoms with van der Waals surface area (Å²) in [5.74, 6) is 0. The summed E-state index contributed by atoms with van der Waals surface area (Å²) in [6.45, 7) is 6.08. The fraction of sp³-hybridized carbons (Fsp3) is 0.900. The van der Waals surface area contributed by atoms with Crippen molar-refractivity contribution in [3.8, 4) is 6.07 Å². The van der Waals surface area contributed by atoms with E-state index in [0.717, 1.165) is 39.1 Å². The van der Waals surface area contributed by atoms with Gasteiger partial charge in [0.15, 0.2) is 0 Å². The summed E-state index contributed by atoms with van der Waals surface area (Å²) in [7, 11) is 0. The Morgan fingerprint density at radius 1 is 1.46 bits per heavy atom. The highest BCUT2D eigenvalue weighted by Gasteiger charge is 2.32. The first-order chi connectivity index (χ1) is 6.27. The van der Waals surface area contributed by atoms with Gasteiger partial charge in [-0.15, -0.1) is 0 Å². The van der Waals surface area contributed by atoms with Gasteiger partial charge in [-0.05, 0) is 19.4 Å². The quantitative estimate of drug-likeness (QED) is 0.630. The molecule has 0 aromatic heterocycles. The predicted octanol–water partition coefficient (Wildman–Crippen LogP) is 1.31. The first-order valence-electron chi connectivity index (χ1n) is 4.92. The molecule has 3 nitrogen and oxygen atoms in total. The Kier molecular flexibility index (Phi) is 4.20. The molecule has 0 aromatic carbocycles. The molecular formula is C10H18N2O. The average Bonchev–Trinajstić information content (AvgIpc) is 2.08. The minimum absolute atomic E-state index is 0.370. The number of unbranched alkanes of at least 4 members (excludes halogenated alkanes) is 2. The standard InChI is InChI=1S/C10H18N2O/c1-10(8-13-9-10)7-12-6-4-2-3-5-11/h12H,2-4,6-9H2,1H3. The summed E-state index contributed by atoms with van der Waals surface area (Å²) in [6.07, 6.45) is 2.79. The van der Waals surface area contributed by atoms with Crippen molar-refractivity contribution < 1.29 is 4.74 Å². The molecule has 1 N–H and O–H groups in total. The Labute approximate surface area is 80.1 Å². The third kappa shape index (κ3) is 3.75. The van der Waals surface area contributed by atoms with E-state index in [0.29, 0.717) is 11.8 Å². The number of hydrogen-bond donors (Lipinski definition) is 1. The zero-order valence-electron chi connectivity index (χ0n) is 8.31. The zero-order chi connectivity index (χ0) is 9.57. The summed E-state index contributed by atoms with van der Waals surface area (Å²) in [6, 6.07) is 2.15. The first-order valence-corrected chi connectivity index (χ1v) is 4.92. The van der Waals surface area contributed by atoms with Crippen molar-refractivity contribution in [1.82, 2.24) is 5.32 Å². The number of ether oxygens (including phenoxy) is 1. The van der Waals surface area contributed by atoms with Crippen molar-refractivity contribution in [2.45, 2.75) is 26.2 Å². The Morgan fingerprint density at radius 2 is 2.23 bits per heavy atom. The monoisotopic (exact) mass is 182 g/mol. The van der Waals surface area contributed by atoms with Gasteiger partial charge in [-0.25, -0.2) is 0 Å². The first kappa shape index (κ1) is 10.5. The van der Waals surface area contributed by atoms with E-state index < -0.39 is 0 Å². The van der Waals surface area contributed by atoms with Gasteiger partial charge in [0.05, 0.1) is 19.3 Å². The third-order valence-electron chi connectivity index (χ3n) is 2.34. The fourth-order valence-electron chi connectivity index (χ4n) is 1.40. The van der Waals surface area contributed by atoms with Gasteiger partial charge in [-0.1, -0.05) is 6.92 Å². The van der Waals surface area contributed by atoms with Gasteiger partial charge >= 0.3 is 0 Å². The van der Waals surface area contributed by atoms with Gasteiger partial charge in [0, 0.05) is 18.4 Å². The molecule has 0 unspecified atom stereocenters. The molecule has 74 valence electrons. The van der Waals surface area contributed by atoms with E-state index in [1.165, 1.54) is 0 Å². The molecule has 1 aliphatic rings. The third-order valence-corrected chi connectivity index (χ3v) is 2.34. The maximum Gasteiger partial charge on any atom is 0.0621 e. The molecule has 0 bridgehead atoms.